The number of aliphatic hydroxyl groups excluding tert-OH is 1. The van der Waals surface area contributed by atoms with Gasteiger partial charge in [-0.3, -0.25) is 9.59 Å². The van der Waals surface area contributed by atoms with E-state index in [9.17, 15) is 14.7 Å². The Balaban J connectivity index is 1.50. The van der Waals surface area contributed by atoms with Crippen LogP contribution in [0.1, 0.15) is 17.5 Å². The van der Waals surface area contributed by atoms with Gasteiger partial charge in [0.15, 0.2) is 0 Å². The zero-order chi connectivity index (χ0) is 19.1. The molecule has 0 aromatic heterocycles. The largest absolute Gasteiger partial charge is 0.394 e. The van der Waals surface area contributed by atoms with Crippen molar-refractivity contribution in [3.8, 4) is 0 Å². The molecule has 0 aliphatic carbocycles. The van der Waals surface area contributed by atoms with Gasteiger partial charge in [-0.25, -0.2) is 0 Å². The summed E-state index contributed by atoms with van der Waals surface area (Å²) in [5.41, 5.74) is 2.24. The number of aliphatic hydroxyl groups is 1. The normalized spacial score (nSPS) is 17.7. The van der Waals surface area contributed by atoms with E-state index in [1.54, 1.807) is 4.90 Å². The van der Waals surface area contributed by atoms with Crippen molar-refractivity contribution in [1.29, 1.82) is 0 Å². The molecule has 2 N–H and O–H groups in total. The van der Waals surface area contributed by atoms with Gasteiger partial charge in [-0.2, -0.15) is 0 Å². The van der Waals surface area contributed by atoms with E-state index in [0.29, 0.717) is 19.5 Å². The quantitative estimate of drug-likeness (QED) is 0.748. The first-order valence-electron chi connectivity index (χ1n) is 9.42. The molecule has 27 heavy (non-hydrogen) atoms. The van der Waals surface area contributed by atoms with Crippen molar-refractivity contribution in [2.45, 2.75) is 25.3 Å². The van der Waals surface area contributed by atoms with Crippen LogP contribution in [0.4, 0.5) is 0 Å². The van der Waals surface area contributed by atoms with E-state index in [4.69, 9.17) is 0 Å². The molecule has 3 rings (SSSR count). The first-order chi connectivity index (χ1) is 13.2. The fourth-order valence-corrected chi connectivity index (χ4v) is 3.45. The zero-order valence-electron chi connectivity index (χ0n) is 15.4. The summed E-state index contributed by atoms with van der Waals surface area (Å²) in [4.78, 5) is 26.6. The maximum atomic E-state index is 12.6. The lowest BCUT2D eigenvalue weighted by Gasteiger charge is -2.20. The van der Waals surface area contributed by atoms with Crippen molar-refractivity contribution in [1.82, 2.24) is 10.2 Å². The van der Waals surface area contributed by atoms with E-state index in [1.807, 2.05) is 60.7 Å². The summed E-state index contributed by atoms with van der Waals surface area (Å²) in [6.45, 7) is 0.945. The van der Waals surface area contributed by atoms with Gasteiger partial charge >= 0.3 is 0 Å². The van der Waals surface area contributed by atoms with Gasteiger partial charge in [0, 0.05) is 19.5 Å². The van der Waals surface area contributed by atoms with Crippen LogP contribution in [-0.2, 0) is 22.4 Å². The highest BCUT2D eigenvalue weighted by Crippen LogP contribution is 2.19. The van der Waals surface area contributed by atoms with Gasteiger partial charge in [0.1, 0.15) is 0 Å². The third-order valence-corrected chi connectivity index (χ3v) is 4.99. The molecule has 2 aromatic carbocycles. The first kappa shape index (κ1) is 19.1. The average Bonchev–Trinajstić information content (AvgIpc) is 3.08. The molecule has 1 heterocycles. The molecule has 5 nitrogen and oxygen atoms in total. The topological polar surface area (TPSA) is 69.6 Å². The number of amides is 2. The highest BCUT2D eigenvalue weighted by Gasteiger charge is 2.34. The van der Waals surface area contributed by atoms with Crippen LogP contribution in [0.3, 0.4) is 0 Å². The molecular weight excluding hydrogens is 340 g/mol. The van der Waals surface area contributed by atoms with E-state index in [1.165, 1.54) is 5.56 Å². The van der Waals surface area contributed by atoms with Crippen molar-refractivity contribution >= 4 is 11.8 Å². The Labute approximate surface area is 160 Å². The Hall–Kier alpha value is -2.66. The van der Waals surface area contributed by atoms with Gasteiger partial charge in [0.05, 0.1) is 18.6 Å². The molecule has 2 amide bonds. The van der Waals surface area contributed by atoms with Crippen LogP contribution in [0.5, 0.6) is 0 Å². The third-order valence-electron chi connectivity index (χ3n) is 4.99. The van der Waals surface area contributed by atoms with Crippen molar-refractivity contribution in [2.24, 2.45) is 5.92 Å². The minimum absolute atomic E-state index is 0.0229. The molecule has 0 unspecified atom stereocenters. The number of likely N-dealkylation sites (tertiary alicyclic amines) is 1. The molecule has 0 saturated carbocycles. The summed E-state index contributed by atoms with van der Waals surface area (Å²) in [7, 11) is 0. The highest BCUT2D eigenvalue weighted by atomic mass is 16.3. The minimum Gasteiger partial charge on any atom is -0.394 e. The molecule has 0 radical (unpaired) electrons. The predicted molar refractivity (Wildman–Crippen MR) is 104 cm³/mol. The van der Waals surface area contributed by atoms with Gasteiger partial charge in [0.2, 0.25) is 11.8 Å². The maximum Gasteiger partial charge on any atom is 0.225 e. The molecule has 1 aliphatic heterocycles. The van der Waals surface area contributed by atoms with Gasteiger partial charge in [-0.1, -0.05) is 60.7 Å². The standard InChI is InChI=1S/C22H26N2O3/c25-16-20(13-18-9-5-2-6-10-18)23-22(27)19-14-21(26)24(15-19)12-11-17-7-3-1-4-8-17/h1-10,19-20,25H,11-16H2,(H,23,27)/t19-,20+/m0/s1. The molecule has 2 aromatic rings. The van der Waals surface area contributed by atoms with Crippen LogP contribution in [0.25, 0.3) is 0 Å². The smallest absolute Gasteiger partial charge is 0.225 e. The number of hydrogen-bond donors (Lipinski definition) is 2. The fourth-order valence-electron chi connectivity index (χ4n) is 3.45. The van der Waals surface area contributed by atoms with E-state index in [-0.39, 0.29) is 36.8 Å². The summed E-state index contributed by atoms with van der Waals surface area (Å²) >= 11 is 0. The van der Waals surface area contributed by atoms with E-state index >= 15 is 0 Å². The van der Waals surface area contributed by atoms with E-state index in [0.717, 1.165) is 12.0 Å². The number of hydrogen-bond acceptors (Lipinski definition) is 3. The van der Waals surface area contributed by atoms with Gasteiger partial charge in [-0.15, -0.1) is 0 Å². The molecule has 0 bridgehead atoms. The Morgan fingerprint density at radius 3 is 2.33 bits per heavy atom. The number of carbonyl (C=O) groups is 2. The summed E-state index contributed by atoms with van der Waals surface area (Å²) < 4.78 is 0. The number of nitrogens with one attached hydrogen (secondary N) is 1. The highest BCUT2D eigenvalue weighted by molar-refractivity contribution is 5.89. The lowest BCUT2D eigenvalue weighted by atomic mass is 10.0. The molecule has 1 aliphatic rings. The molecule has 1 saturated heterocycles. The summed E-state index contributed by atoms with van der Waals surface area (Å²) in [6.07, 6.45) is 1.60. The lowest BCUT2D eigenvalue weighted by molar-refractivity contribution is -0.129. The summed E-state index contributed by atoms with van der Waals surface area (Å²) in [6, 6.07) is 19.4. The predicted octanol–water partition coefficient (Wildman–Crippen LogP) is 1.80. The number of benzene rings is 2. The monoisotopic (exact) mass is 366 g/mol. The Morgan fingerprint density at radius 1 is 1.07 bits per heavy atom. The van der Waals surface area contributed by atoms with Gasteiger partial charge < -0.3 is 15.3 Å². The lowest BCUT2D eigenvalue weighted by Crippen LogP contribution is -2.43. The second kappa shape index (κ2) is 9.33. The molecule has 2 atom stereocenters. The Bertz CT molecular complexity index is 749. The summed E-state index contributed by atoms with van der Waals surface area (Å²) in [5, 5.41) is 12.5. The molecule has 5 heteroatoms. The minimum atomic E-state index is -0.349. The van der Waals surface area contributed by atoms with Crippen molar-refractivity contribution in [3.63, 3.8) is 0 Å². The molecule has 0 spiro atoms. The SMILES string of the molecule is O=C(N[C@@H](CO)Cc1ccccc1)[C@H]1CC(=O)N(CCc2ccccc2)C1. The zero-order valence-corrected chi connectivity index (χ0v) is 15.4. The van der Waals surface area contributed by atoms with Crippen molar-refractivity contribution < 1.29 is 14.7 Å². The molecular formula is C22H26N2O3. The number of nitrogens with zero attached hydrogens (tertiary/aromatic N) is 1. The second-order valence-corrected chi connectivity index (χ2v) is 7.05. The summed E-state index contributed by atoms with van der Waals surface area (Å²) in [5.74, 6) is -0.478. The fraction of sp³-hybridized carbons (Fsp3) is 0.364. The number of carbonyl (C=O) groups excluding carboxylic acids is 2. The van der Waals surface area contributed by atoms with Crippen molar-refractivity contribution in [2.75, 3.05) is 19.7 Å². The van der Waals surface area contributed by atoms with Gasteiger partial charge in [-0.05, 0) is 24.0 Å². The second-order valence-electron chi connectivity index (χ2n) is 7.05. The van der Waals surface area contributed by atoms with Crippen LogP contribution in [0.2, 0.25) is 0 Å². The Kier molecular flexibility index (Phi) is 6.60. The third kappa shape index (κ3) is 5.41. The first-order valence-corrected chi connectivity index (χ1v) is 9.42. The van der Waals surface area contributed by atoms with Crippen LogP contribution in [-0.4, -0.2) is 47.6 Å². The van der Waals surface area contributed by atoms with E-state index in [2.05, 4.69) is 5.32 Å². The number of rotatable bonds is 8. The van der Waals surface area contributed by atoms with Gasteiger partial charge in [0.25, 0.3) is 0 Å². The van der Waals surface area contributed by atoms with Crippen molar-refractivity contribution in [3.05, 3.63) is 71.8 Å². The van der Waals surface area contributed by atoms with Crippen LogP contribution in [0, 0.1) is 5.92 Å². The van der Waals surface area contributed by atoms with E-state index < -0.39 is 0 Å². The maximum absolute atomic E-state index is 12.6. The van der Waals surface area contributed by atoms with Crippen LogP contribution in [0.15, 0.2) is 60.7 Å². The average molecular weight is 366 g/mol. The molecule has 1 fully saturated rings. The molecule has 142 valence electrons. The van der Waals surface area contributed by atoms with Crippen LogP contribution < -0.4 is 5.32 Å². The van der Waals surface area contributed by atoms with Crippen LogP contribution >= 0.6 is 0 Å². The Morgan fingerprint density at radius 2 is 1.70 bits per heavy atom.